The molecule has 9 nitrogen and oxygen atoms in total. The van der Waals surface area contributed by atoms with Crippen LogP contribution in [0.5, 0.6) is 11.5 Å². The van der Waals surface area contributed by atoms with Crippen molar-refractivity contribution >= 4 is 23.1 Å². The number of aromatic nitrogens is 2. The maximum absolute atomic E-state index is 12.4. The van der Waals surface area contributed by atoms with Gasteiger partial charge in [-0.05, 0) is 81.7 Å². The average Bonchev–Trinajstić information content (AvgIpc) is 3.62. The van der Waals surface area contributed by atoms with Crippen molar-refractivity contribution < 1.29 is 23.4 Å². The first kappa shape index (κ1) is 25.7. The summed E-state index contributed by atoms with van der Waals surface area (Å²) in [5.74, 6) is 1.06. The second-order valence-electron chi connectivity index (χ2n) is 9.15. The van der Waals surface area contributed by atoms with E-state index in [1.165, 1.54) is 7.11 Å². The Morgan fingerprint density at radius 1 is 1.08 bits per heavy atom. The Labute approximate surface area is 222 Å². The summed E-state index contributed by atoms with van der Waals surface area (Å²) in [6.45, 7) is 7.38. The number of nitrogens with one attached hydrogen (secondary N) is 1. The first-order chi connectivity index (χ1) is 18.6. The lowest BCUT2D eigenvalue weighted by molar-refractivity contribution is 0.0602. The Kier molecular flexibility index (Phi) is 7.83. The molecule has 0 radical (unpaired) electrons. The van der Waals surface area contributed by atoms with Crippen LogP contribution in [0.3, 0.4) is 0 Å². The minimum atomic E-state index is -0.438. The first-order valence-electron chi connectivity index (χ1n) is 13.1. The highest BCUT2D eigenvalue weighted by atomic mass is 16.5. The normalized spacial score (nSPS) is 14.0. The zero-order chi connectivity index (χ0) is 26.5. The van der Waals surface area contributed by atoms with E-state index in [0.29, 0.717) is 42.4 Å². The van der Waals surface area contributed by atoms with Crippen molar-refractivity contribution in [3.8, 4) is 17.2 Å². The minimum Gasteiger partial charge on any atom is -0.492 e. The lowest BCUT2D eigenvalue weighted by atomic mass is 10.0. The van der Waals surface area contributed by atoms with Crippen LogP contribution in [0.1, 0.15) is 42.6 Å². The van der Waals surface area contributed by atoms with Gasteiger partial charge in [0.15, 0.2) is 5.58 Å². The Bertz CT molecular complexity index is 1350. The number of carbonyl (C=O) groups is 1. The fourth-order valence-corrected chi connectivity index (χ4v) is 5.00. The standard InChI is InChI=1S/C29H34N4O5/c1-4-36-24-17-20(18-25(37-5-2)27(24)32-15-6-7-16-32)19-33(21-11-13-30-14-12-21)29-31-26-22(28(34)35-3)9-8-10-23(26)38-29/h6-10,15-18,21,30H,4-5,11-14,19H2,1-3H3. The highest BCUT2D eigenvalue weighted by Crippen LogP contribution is 2.37. The van der Waals surface area contributed by atoms with E-state index in [2.05, 4.69) is 22.3 Å². The molecule has 1 aliphatic rings. The van der Waals surface area contributed by atoms with Crippen LogP contribution in [0.25, 0.3) is 16.8 Å². The number of rotatable bonds is 10. The summed E-state index contributed by atoms with van der Waals surface area (Å²) in [5, 5.41) is 3.44. The Morgan fingerprint density at radius 2 is 1.76 bits per heavy atom. The molecule has 200 valence electrons. The van der Waals surface area contributed by atoms with Gasteiger partial charge in [0.05, 0.1) is 25.9 Å². The van der Waals surface area contributed by atoms with Crippen LogP contribution in [0.2, 0.25) is 0 Å². The number of piperidine rings is 1. The number of ether oxygens (including phenoxy) is 3. The van der Waals surface area contributed by atoms with Crippen molar-refractivity contribution in [3.05, 3.63) is 66.0 Å². The van der Waals surface area contributed by atoms with Crippen LogP contribution in [0.15, 0.2) is 59.3 Å². The average molecular weight is 519 g/mol. The summed E-state index contributed by atoms with van der Waals surface area (Å²) < 4.78 is 25.4. The van der Waals surface area contributed by atoms with Gasteiger partial charge in [0.25, 0.3) is 6.01 Å². The fraction of sp³-hybridized carbons (Fsp3) is 0.379. The summed E-state index contributed by atoms with van der Waals surface area (Å²) in [6.07, 6.45) is 5.86. The van der Waals surface area contributed by atoms with Gasteiger partial charge < -0.3 is 33.4 Å². The zero-order valence-corrected chi connectivity index (χ0v) is 22.1. The molecule has 1 aliphatic heterocycles. The number of hydrogen-bond acceptors (Lipinski definition) is 8. The molecule has 1 saturated heterocycles. The number of fused-ring (bicyclic) bond motifs is 1. The van der Waals surface area contributed by atoms with Gasteiger partial charge in [0, 0.05) is 25.0 Å². The molecule has 0 bridgehead atoms. The lowest BCUT2D eigenvalue weighted by Crippen LogP contribution is -2.43. The molecule has 0 unspecified atom stereocenters. The van der Waals surface area contributed by atoms with Crippen LogP contribution < -0.4 is 19.7 Å². The summed E-state index contributed by atoms with van der Waals surface area (Å²) in [4.78, 5) is 19.4. The molecule has 0 saturated carbocycles. The molecular formula is C29H34N4O5. The van der Waals surface area contributed by atoms with Crippen molar-refractivity contribution in [2.45, 2.75) is 39.3 Å². The van der Waals surface area contributed by atoms with Crippen molar-refractivity contribution in [2.75, 3.05) is 38.3 Å². The summed E-state index contributed by atoms with van der Waals surface area (Å²) in [5.41, 5.74) is 3.33. The van der Waals surface area contributed by atoms with Gasteiger partial charge in [0.2, 0.25) is 0 Å². The summed E-state index contributed by atoms with van der Waals surface area (Å²) in [6, 6.07) is 14.1. The molecule has 0 aliphatic carbocycles. The Hall–Kier alpha value is -3.98. The number of hydrogen-bond donors (Lipinski definition) is 1. The highest BCUT2D eigenvalue weighted by Gasteiger charge is 2.28. The number of para-hydroxylation sites is 1. The number of anilines is 1. The van der Waals surface area contributed by atoms with Gasteiger partial charge in [-0.25, -0.2) is 4.79 Å². The number of methoxy groups -OCH3 is 1. The maximum Gasteiger partial charge on any atom is 0.340 e. The van der Waals surface area contributed by atoms with Gasteiger partial charge >= 0.3 is 5.97 Å². The van der Waals surface area contributed by atoms with E-state index >= 15 is 0 Å². The van der Waals surface area contributed by atoms with Crippen LogP contribution in [-0.2, 0) is 11.3 Å². The van der Waals surface area contributed by atoms with Gasteiger partial charge in [-0.2, -0.15) is 4.98 Å². The SMILES string of the molecule is CCOc1cc(CN(c2nc3c(C(=O)OC)cccc3o2)C2CCNCC2)cc(OCC)c1-n1cccc1. The fourth-order valence-electron chi connectivity index (χ4n) is 5.00. The molecular weight excluding hydrogens is 484 g/mol. The molecule has 0 amide bonds. The van der Waals surface area contributed by atoms with Crippen molar-refractivity contribution in [1.29, 1.82) is 0 Å². The summed E-state index contributed by atoms with van der Waals surface area (Å²) >= 11 is 0. The van der Waals surface area contributed by atoms with Crippen LogP contribution in [0.4, 0.5) is 6.01 Å². The minimum absolute atomic E-state index is 0.209. The summed E-state index contributed by atoms with van der Waals surface area (Å²) in [7, 11) is 1.37. The molecule has 9 heteroatoms. The van der Waals surface area contributed by atoms with E-state index in [-0.39, 0.29) is 6.04 Å². The molecule has 38 heavy (non-hydrogen) atoms. The highest BCUT2D eigenvalue weighted by molar-refractivity contribution is 6.01. The second kappa shape index (κ2) is 11.6. The number of esters is 1. The number of nitrogens with zero attached hydrogens (tertiary/aromatic N) is 3. The van der Waals surface area contributed by atoms with E-state index in [0.717, 1.165) is 48.7 Å². The molecule has 1 fully saturated rings. The number of oxazole rings is 1. The van der Waals surface area contributed by atoms with Crippen molar-refractivity contribution in [2.24, 2.45) is 0 Å². The quantitative estimate of drug-likeness (QED) is 0.295. The van der Waals surface area contributed by atoms with Gasteiger partial charge in [-0.1, -0.05) is 6.07 Å². The van der Waals surface area contributed by atoms with Crippen molar-refractivity contribution in [3.63, 3.8) is 0 Å². The lowest BCUT2D eigenvalue weighted by Gasteiger charge is -2.34. The van der Waals surface area contributed by atoms with E-state index in [1.807, 2.05) is 49.0 Å². The predicted molar refractivity (Wildman–Crippen MR) is 146 cm³/mol. The third-order valence-electron chi connectivity index (χ3n) is 6.72. The Morgan fingerprint density at radius 3 is 2.39 bits per heavy atom. The van der Waals surface area contributed by atoms with E-state index < -0.39 is 5.97 Å². The third kappa shape index (κ3) is 5.19. The molecule has 4 aromatic rings. The molecule has 0 atom stereocenters. The molecule has 0 spiro atoms. The predicted octanol–water partition coefficient (Wildman–Crippen LogP) is 4.96. The van der Waals surface area contributed by atoms with Crippen LogP contribution in [-0.4, -0.2) is 55.0 Å². The van der Waals surface area contributed by atoms with Gasteiger partial charge in [-0.3, -0.25) is 0 Å². The largest absolute Gasteiger partial charge is 0.492 e. The molecule has 2 aromatic heterocycles. The van der Waals surface area contributed by atoms with Gasteiger partial charge in [-0.15, -0.1) is 0 Å². The Balaban J connectivity index is 1.58. The monoisotopic (exact) mass is 518 g/mol. The number of benzene rings is 2. The second-order valence-corrected chi connectivity index (χ2v) is 9.15. The van der Waals surface area contributed by atoms with E-state index in [1.54, 1.807) is 12.1 Å². The number of carbonyl (C=O) groups excluding carboxylic acids is 1. The van der Waals surface area contributed by atoms with Crippen LogP contribution in [0, 0.1) is 0 Å². The molecule has 1 N–H and O–H groups in total. The third-order valence-corrected chi connectivity index (χ3v) is 6.72. The molecule has 2 aromatic carbocycles. The smallest absolute Gasteiger partial charge is 0.340 e. The first-order valence-corrected chi connectivity index (χ1v) is 13.1. The topological polar surface area (TPSA) is 91.0 Å². The zero-order valence-electron chi connectivity index (χ0n) is 22.1. The maximum atomic E-state index is 12.4. The molecule has 5 rings (SSSR count). The van der Waals surface area contributed by atoms with Gasteiger partial charge in [0.1, 0.15) is 22.7 Å². The van der Waals surface area contributed by atoms with Crippen molar-refractivity contribution in [1.82, 2.24) is 14.9 Å². The van der Waals surface area contributed by atoms with E-state index in [4.69, 9.17) is 23.6 Å². The van der Waals surface area contributed by atoms with E-state index in [9.17, 15) is 4.79 Å². The van der Waals surface area contributed by atoms with Crippen LogP contribution >= 0.6 is 0 Å². The molecule has 3 heterocycles.